The number of halogens is 2. The summed E-state index contributed by atoms with van der Waals surface area (Å²) < 4.78 is 4.60. The van der Waals surface area contributed by atoms with E-state index in [2.05, 4.69) is 4.74 Å². The molecule has 0 saturated carbocycles. The SMILES string of the molecule is COC(=O)Cc1c(C)cc(CCl)cc1Cl. The van der Waals surface area contributed by atoms with Crippen LogP contribution in [0.15, 0.2) is 12.1 Å². The third kappa shape index (κ3) is 3.11. The van der Waals surface area contributed by atoms with E-state index in [9.17, 15) is 4.79 Å². The molecule has 0 radical (unpaired) electrons. The minimum atomic E-state index is -0.293. The first kappa shape index (κ1) is 12.3. The summed E-state index contributed by atoms with van der Waals surface area (Å²) in [6.45, 7) is 1.90. The summed E-state index contributed by atoms with van der Waals surface area (Å²) in [4.78, 5) is 11.1. The lowest BCUT2D eigenvalue weighted by molar-refractivity contribution is -0.139. The maximum Gasteiger partial charge on any atom is 0.310 e. The van der Waals surface area contributed by atoms with Crippen molar-refractivity contribution in [2.75, 3.05) is 7.11 Å². The molecule has 0 spiro atoms. The molecule has 0 fully saturated rings. The first-order valence-electron chi connectivity index (χ1n) is 4.49. The summed E-state index contributed by atoms with van der Waals surface area (Å²) in [5, 5.41) is 0.566. The molecule has 2 nitrogen and oxygen atoms in total. The van der Waals surface area contributed by atoms with Crippen LogP contribution in [0.5, 0.6) is 0 Å². The Labute approximate surface area is 99.1 Å². The van der Waals surface area contributed by atoms with Crippen LogP contribution in [0.2, 0.25) is 5.02 Å². The Hall–Kier alpha value is -0.730. The van der Waals surface area contributed by atoms with E-state index in [4.69, 9.17) is 23.2 Å². The van der Waals surface area contributed by atoms with Crippen molar-refractivity contribution < 1.29 is 9.53 Å². The number of carbonyl (C=O) groups excluding carboxylic acids is 1. The third-order valence-electron chi connectivity index (χ3n) is 2.18. The van der Waals surface area contributed by atoms with Gasteiger partial charge in [-0.25, -0.2) is 0 Å². The quantitative estimate of drug-likeness (QED) is 0.606. The van der Waals surface area contributed by atoms with Crippen LogP contribution < -0.4 is 0 Å². The van der Waals surface area contributed by atoms with Crippen molar-refractivity contribution in [2.24, 2.45) is 0 Å². The van der Waals surface area contributed by atoms with Crippen molar-refractivity contribution in [3.63, 3.8) is 0 Å². The van der Waals surface area contributed by atoms with E-state index in [-0.39, 0.29) is 12.4 Å². The predicted molar refractivity (Wildman–Crippen MR) is 61.5 cm³/mol. The number of aryl methyl sites for hydroxylation is 1. The zero-order chi connectivity index (χ0) is 11.4. The molecule has 0 saturated heterocycles. The highest BCUT2D eigenvalue weighted by atomic mass is 35.5. The molecule has 0 aliphatic carbocycles. The summed E-state index contributed by atoms with van der Waals surface area (Å²) in [6, 6.07) is 3.71. The van der Waals surface area contributed by atoms with Crippen LogP contribution in [0.4, 0.5) is 0 Å². The maximum atomic E-state index is 11.1. The molecule has 0 unspecified atom stereocenters. The minimum absolute atomic E-state index is 0.198. The number of esters is 1. The molecule has 0 bridgehead atoms. The van der Waals surface area contributed by atoms with Gasteiger partial charge in [-0.05, 0) is 29.7 Å². The summed E-state index contributed by atoms with van der Waals surface area (Å²) in [5.41, 5.74) is 2.72. The highest BCUT2D eigenvalue weighted by Gasteiger charge is 2.11. The molecule has 1 aromatic rings. The van der Waals surface area contributed by atoms with Crippen LogP contribution >= 0.6 is 23.2 Å². The number of hydrogen-bond acceptors (Lipinski definition) is 2. The van der Waals surface area contributed by atoms with Gasteiger partial charge < -0.3 is 4.74 Å². The topological polar surface area (TPSA) is 26.3 Å². The number of methoxy groups -OCH3 is 1. The number of carbonyl (C=O) groups is 1. The van der Waals surface area contributed by atoms with Crippen molar-refractivity contribution in [2.45, 2.75) is 19.2 Å². The van der Waals surface area contributed by atoms with E-state index in [1.165, 1.54) is 7.11 Å². The monoisotopic (exact) mass is 246 g/mol. The molecular weight excluding hydrogens is 235 g/mol. The predicted octanol–water partition coefficient (Wildman–Crippen LogP) is 3.10. The van der Waals surface area contributed by atoms with E-state index < -0.39 is 0 Å². The largest absolute Gasteiger partial charge is 0.469 e. The van der Waals surface area contributed by atoms with Crippen molar-refractivity contribution >= 4 is 29.2 Å². The van der Waals surface area contributed by atoms with Gasteiger partial charge in [0.1, 0.15) is 0 Å². The fraction of sp³-hybridized carbons (Fsp3) is 0.364. The van der Waals surface area contributed by atoms with Crippen LogP contribution in [0.25, 0.3) is 0 Å². The normalized spacial score (nSPS) is 10.1. The van der Waals surface area contributed by atoms with Crippen molar-refractivity contribution in [3.8, 4) is 0 Å². The third-order valence-corrected chi connectivity index (χ3v) is 2.83. The Morgan fingerprint density at radius 1 is 1.47 bits per heavy atom. The van der Waals surface area contributed by atoms with Crippen LogP contribution in [-0.2, 0) is 21.8 Å². The molecule has 15 heavy (non-hydrogen) atoms. The van der Waals surface area contributed by atoms with Gasteiger partial charge in [-0.2, -0.15) is 0 Å². The van der Waals surface area contributed by atoms with Gasteiger partial charge in [0.25, 0.3) is 0 Å². The van der Waals surface area contributed by atoms with Crippen LogP contribution in [-0.4, -0.2) is 13.1 Å². The fourth-order valence-electron chi connectivity index (χ4n) is 1.36. The zero-order valence-electron chi connectivity index (χ0n) is 8.64. The summed E-state index contributed by atoms with van der Waals surface area (Å²) in [7, 11) is 1.36. The van der Waals surface area contributed by atoms with Crippen LogP contribution in [0.3, 0.4) is 0 Å². The molecule has 1 rings (SSSR count). The Morgan fingerprint density at radius 3 is 2.60 bits per heavy atom. The van der Waals surface area contributed by atoms with Crippen molar-refractivity contribution in [1.29, 1.82) is 0 Å². The second-order valence-electron chi connectivity index (χ2n) is 3.26. The van der Waals surface area contributed by atoms with E-state index in [1.54, 1.807) is 6.07 Å². The van der Waals surface area contributed by atoms with Gasteiger partial charge in [-0.3, -0.25) is 4.79 Å². The molecular formula is C11H12Cl2O2. The molecule has 0 aromatic heterocycles. The molecule has 4 heteroatoms. The van der Waals surface area contributed by atoms with Crippen molar-refractivity contribution in [1.82, 2.24) is 0 Å². The Bertz CT molecular complexity index is 352. The Balaban J connectivity index is 3.03. The molecule has 0 atom stereocenters. The summed E-state index contributed by atoms with van der Waals surface area (Å²) in [6.07, 6.45) is 0.198. The van der Waals surface area contributed by atoms with Crippen molar-refractivity contribution in [3.05, 3.63) is 33.8 Å². The summed E-state index contributed by atoms with van der Waals surface area (Å²) >= 11 is 11.8. The van der Waals surface area contributed by atoms with Gasteiger partial charge >= 0.3 is 5.97 Å². The molecule has 1 aromatic carbocycles. The number of alkyl halides is 1. The molecule has 0 heterocycles. The number of rotatable bonds is 3. The van der Waals surface area contributed by atoms with Gasteiger partial charge in [0.05, 0.1) is 13.5 Å². The van der Waals surface area contributed by atoms with E-state index >= 15 is 0 Å². The first-order chi connectivity index (χ1) is 7.08. The second-order valence-corrected chi connectivity index (χ2v) is 3.93. The molecule has 0 aliphatic heterocycles. The van der Waals surface area contributed by atoms with Gasteiger partial charge in [0.15, 0.2) is 0 Å². The van der Waals surface area contributed by atoms with E-state index in [0.717, 1.165) is 16.7 Å². The average molecular weight is 247 g/mol. The highest BCUT2D eigenvalue weighted by Crippen LogP contribution is 2.23. The second kappa shape index (κ2) is 5.38. The molecule has 0 aliphatic rings. The van der Waals surface area contributed by atoms with Gasteiger partial charge in [-0.1, -0.05) is 17.7 Å². The number of benzene rings is 1. The zero-order valence-corrected chi connectivity index (χ0v) is 10.2. The van der Waals surface area contributed by atoms with Crippen LogP contribution in [0, 0.1) is 6.92 Å². The number of ether oxygens (including phenoxy) is 1. The smallest absolute Gasteiger partial charge is 0.310 e. The minimum Gasteiger partial charge on any atom is -0.469 e. The molecule has 0 amide bonds. The van der Waals surface area contributed by atoms with Gasteiger partial charge in [0.2, 0.25) is 0 Å². The lowest BCUT2D eigenvalue weighted by Crippen LogP contribution is -2.06. The fourth-order valence-corrected chi connectivity index (χ4v) is 1.87. The van der Waals surface area contributed by atoms with Gasteiger partial charge in [0, 0.05) is 10.9 Å². The van der Waals surface area contributed by atoms with E-state index in [1.807, 2.05) is 13.0 Å². The highest BCUT2D eigenvalue weighted by molar-refractivity contribution is 6.31. The maximum absolute atomic E-state index is 11.1. The summed E-state index contributed by atoms with van der Waals surface area (Å²) in [5.74, 6) is 0.123. The molecule has 0 N–H and O–H groups in total. The average Bonchev–Trinajstić information content (AvgIpc) is 2.22. The van der Waals surface area contributed by atoms with Gasteiger partial charge in [-0.15, -0.1) is 11.6 Å². The molecule has 82 valence electrons. The Kier molecular flexibility index (Phi) is 4.43. The standard InChI is InChI=1S/C11H12Cl2O2/c1-7-3-8(6-12)4-10(13)9(7)5-11(14)15-2/h3-4H,5-6H2,1-2H3. The lowest BCUT2D eigenvalue weighted by Gasteiger charge is -2.09. The number of hydrogen-bond donors (Lipinski definition) is 0. The van der Waals surface area contributed by atoms with Crippen LogP contribution in [0.1, 0.15) is 16.7 Å². The lowest BCUT2D eigenvalue weighted by atomic mass is 10.0. The first-order valence-corrected chi connectivity index (χ1v) is 5.40. The Morgan fingerprint density at radius 2 is 2.13 bits per heavy atom. The van der Waals surface area contributed by atoms with E-state index in [0.29, 0.717) is 10.9 Å².